The molecule has 0 aliphatic rings. The minimum atomic E-state index is 0.173. The molecule has 3 N–H and O–H groups in total. The third-order valence-corrected chi connectivity index (χ3v) is 4.08. The Morgan fingerprint density at radius 3 is 2.79 bits per heavy atom. The molecule has 0 unspecified atom stereocenters. The second-order valence-corrected chi connectivity index (χ2v) is 6.84. The normalized spacial score (nSPS) is 10.8. The van der Waals surface area contributed by atoms with Crippen molar-refractivity contribution in [2.45, 2.75) is 40.3 Å². The minimum absolute atomic E-state index is 0.173. The van der Waals surface area contributed by atoms with Crippen LogP contribution in [0.2, 0.25) is 0 Å². The second-order valence-electron chi connectivity index (χ2n) is 6.84. The minimum Gasteiger partial charge on any atom is -0.477 e. The number of anilines is 2. The van der Waals surface area contributed by atoms with Gasteiger partial charge in [0.1, 0.15) is 5.69 Å². The first kappa shape index (κ1) is 20.3. The fraction of sp³-hybridized carbons (Fsp3) is 0.333. The van der Waals surface area contributed by atoms with Gasteiger partial charge in [-0.25, -0.2) is 9.97 Å². The highest BCUT2D eigenvalue weighted by Gasteiger charge is 2.17. The Morgan fingerprint density at radius 1 is 1.31 bits per heavy atom. The van der Waals surface area contributed by atoms with Gasteiger partial charge in [-0.05, 0) is 45.9 Å². The summed E-state index contributed by atoms with van der Waals surface area (Å²) in [7, 11) is 0. The van der Waals surface area contributed by atoms with Crippen LogP contribution in [0.1, 0.15) is 37.9 Å². The third-order valence-electron chi connectivity index (χ3n) is 4.08. The first-order chi connectivity index (χ1) is 14.0. The van der Waals surface area contributed by atoms with Crippen LogP contribution in [0.4, 0.5) is 11.4 Å². The summed E-state index contributed by atoms with van der Waals surface area (Å²) in [4.78, 5) is 8.99. The number of pyridine rings is 2. The quantitative estimate of drug-likeness (QED) is 0.465. The van der Waals surface area contributed by atoms with E-state index in [0.717, 1.165) is 28.4 Å². The third kappa shape index (κ3) is 4.90. The molecule has 29 heavy (non-hydrogen) atoms. The lowest BCUT2D eigenvalue weighted by Gasteiger charge is -2.19. The highest BCUT2D eigenvalue weighted by Crippen LogP contribution is 2.34. The number of aryl methyl sites for hydroxylation is 1. The van der Waals surface area contributed by atoms with Gasteiger partial charge >= 0.3 is 0 Å². The Kier molecular flexibility index (Phi) is 6.43. The van der Waals surface area contributed by atoms with Gasteiger partial charge in [0.05, 0.1) is 41.5 Å². The molecular weight excluding hydrogens is 368 g/mol. The van der Waals surface area contributed by atoms with Gasteiger partial charge in [0.2, 0.25) is 5.88 Å². The van der Waals surface area contributed by atoms with Gasteiger partial charge in [-0.3, -0.25) is 0 Å². The summed E-state index contributed by atoms with van der Waals surface area (Å²) in [6.45, 7) is 8.84. The lowest BCUT2D eigenvalue weighted by Crippen LogP contribution is -2.15. The van der Waals surface area contributed by atoms with Crippen LogP contribution in [0.5, 0.6) is 5.88 Å². The highest BCUT2D eigenvalue weighted by molar-refractivity contribution is 5.91. The molecule has 0 radical (unpaired) electrons. The zero-order valence-corrected chi connectivity index (χ0v) is 17.1. The van der Waals surface area contributed by atoms with E-state index >= 15 is 0 Å². The molecule has 0 aliphatic heterocycles. The molecule has 0 fully saturated rings. The summed E-state index contributed by atoms with van der Waals surface area (Å²) in [5, 5.41) is 18.6. The predicted molar refractivity (Wildman–Crippen MR) is 114 cm³/mol. The average Bonchev–Trinajstić information content (AvgIpc) is 3.12. The Bertz CT molecular complexity index is 983. The first-order valence-electron chi connectivity index (χ1n) is 9.58. The van der Waals surface area contributed by atoms with Gasteiger partial charge in [0.25, 0.3) is 0 Å². The SMILES string of the molecule is CCOc1ncccc1-c1cc(NCc2cc(C)no2)c(NC(C)C)c(C=N)n1. The molecule has 3 aromatic rings. The standard InChI is InChI=1S/C21H26N6O2/c1-5-28-21-16(7-6-8-23-21)17-10-18(24-12-15-9-14(4)27-29-15)20(25-13(2)3)19(11-22)26-17/h6-11,13,22,25H,5,12H2,1-4H3,(H,24,26). The number of nitrogens with zero attached hydrogens (tertiary/aromatic N) is 3. The molecule has 8 heteroatoms. The molecule has 3 aromatic heterocycles. The Balaban J connectivity index is 2.05. The molecular formula is C21H26N6O2. The molecule has 0 bridgehead atoms. The van der Waals surface area contributed by atoms with Crippen molar-refractivity contribution in [2.75, 3.05) is 17.2 Å². The Labute approximate surface area is 170 Å². The molecule has 0 spiro atoms. The maximum Gasteiger partial charge on any atom is 0.222 e. The van der Waals surface area contributed by atoms with Gasteiger partial charge < -0.3 is 25.3 Å². The zero-order valence-electron chi connectivity index (χ0n) is 17.1. The van der Waals surface area contributed by atoms with Crippen LogP contribution < -0.4 is 15.4 Å². The Morgan fingerprint density at radius 2 is 2.14 bits per heavy atom. The molecule has 152 valence electrons. The van der Waals surface area contributed by atoms with Crippen LogP contribution in [-0.2, 0) is 6.54 Å². The van der Waals surface area contributed by atoms with Crippen molar-refractivity contribution in [2.24, 2.45) is 0 Å². The zero-order chi connectivity index (χ0) is 20.8. The highest BCUT2D eigenvalue weighted by atomic mass is 16.5. The lowest BCUT2D eigenvalue weighted by atomic mass is 10.1. The van der Waals surface area contributed by atoms with E-state index in [1.54, 1.807) is 6.20 Å². The molecule has 8 nitrogen and oxygen atoms in total. The smallest absolute Gasteiger partial charge is 0.222 e. The molecule has 0 saturated heterocycles. The van der Waals surface area contributed by atoms with Gasteiger partial charge in [0.15, 0.2) is 5.76 Å². The van der Waals surface area contributed by atoms with E-state index in [1.165, 1.54) is 6.21 Å². The predicted octanol–water partition coefficient (Wildman–Crippen LogP) is 4.27. The number of hydrogen-bond acceptors (Lipinski definition) is 8. The van der Waals surface area contributed by atoms with Crippen molar-refractivity contribution < 1.29 is 9.26 Å². The molecule has 0 aromatic carbocycles. The van der Waals surface area contributed by atoms with Crippen LogP contribution in [0.25, 0.3) is 11.3 Å². The van der Waals surface area contributed by atoms with Crippen LogP contribution in [-0.4, -0.2) is 34.0 Å². The van der Waals surface area contributed by atoms with Crippen molar-refractivity contribution in [1.82, 2.24) is 15.1 Å². The number of ether oxygens (including phenoxy) is 1. The number of aromatic nitrogens is 3. The van der Waals surface area contributed by atoms with Gasteiger partial charge in [-0.15, -0.1) is 0 Å². The van der Waals surface area contributed by atoms with Crippen molar-refractivity contribution in [3.8, 4) is 17.1 Å². The average molecular weight is 394 g/mol. The van der Waals surface area contributed by atoms with Crippen molar-refractivity contribution in [1.29, 1.82) is 5.41 Å². The molecule has 0 aliphatic carbocycles. The maximum absolute atomic E-state index is 7.89. The topological polar surface area (TPSA) is 109 Å². The van der Waals surface area contributed by atoms with E-state index in [0.29, 0.717) is 30.4 Å². The summed E-state index contributed by atoms with van der Waals surface area (Å²) < 4.78 is 11.0. The molecule has 0 saturated carbocycles. The lowest BCUT2D eigenvalue weighted by molar-refractivity contribution is 0.328. The summed E-state index contributed by atoms with van der Waals surface area (Å²) in [6, 6.07) is 7.74. The second kappa shape index (κ2) is 9.18. The first-order valence-corrected chi connectivity index (χ1v) is 9.58. The van der Waals surface area contributed by atoms with Gasteiger partial charge in [-0.1, -0.05) is 5.16 Å². The molecule has 0 atom stereocenters. The summed E-state index contributed by atoms with van der Waals surface area (Å²) in [6.07, 6.45) is 2.93. The van der Waals surface area contributed by atoms with E-state index in [4.69, 9.17) is 14.7 Å². The van der Waals surface area contributed by atoms with Crippen molar-refractivity contribution >= 4 is 17.6 Å². The fourth-order valence-electron chi connectivity index (χ4n) is 2.91. The van der Waals surface area contributed by atoms with Gasteiger partial charge in [0, 0.05) is 24.5 Å². The number of hydrogen-bond donors (Lipinski definition) is 3. The Hall–Kier alpha value is -3.42. The summed E-state index contributed by atoms with van der Waals surface area (Å²) >= 11 is 0. The number of nitrogens with one attached hydrogen (secondary N) is 3. The maximum atomic E-state index is 7.89. The molecule has 0 amide bonds. The fourth-order valence-corrected chi connectivity index (χ4v) is 2.91. The van der Waals surface area contributed by atoms with Crippen molar-refractivity contribution in [3.05, 3.63) is 47.6 Å². The van der Waals surface area contributed by atoms with Crippen molar-refractivity contribution in [3.63, 3.8) is 0 Å². The summed E-state index contributed by atoms with van der Waals surface area (Å²) in [5.74, 6) is 1.24. The molecule has 3 heterocycles. The van der Waals surface area contributed by atoms with E-state index < -0.39 is 0 Å². The van der Waals surface area contributed by atoms with E-state index in [1.807, 2.05) is 52.0 Å². The van der Waals surface area contributed by atoms with Crippen LogP contribution in [0.15, 0.2) is 35.0 Å². The summed E-state index contributed by atoms with van der Waals surface area (Å²) in [5.41, 5.74) is 4.37. The van der Waals surface area contributed by atoms with Crippen LogP contribution in [0, 0.1) is 12.3 Å². The van der Waals surface area contributed by atoms with Gasteiger partial charge in [-0.2, -0.15) is 0 Å². The van der Waals surface area contributed by atoms with E-state index in [-0.39, 0.29) is 6.04 Å². The van der Waals surface area contributed by atoms with Crippen LogP contribution >= 0.6 is 0 Å². The van der Waals surface area contributed by atoms with E-state index in [9.17, 15) is 0 Å². The monoisotopic (exact) mass is 394 g/mol. The van der Waals surface area contributed by atoms with Crippen LogP contribution in [0.3, 0.4) is 0 Å². The molecule has 3 rings (SSSR count). The largest absolute Gasteiger partial charge is 0.477 e. The van der Waals surface area contributed by atoms with E-state index in [2.05, 4.69) is 25.8 Å². The number of rotatable bonds is 9.